The lowest BCUT2D eigenvalue weighted by Crippen LogP contribution is -2.19. The van der Waals surface area contributed by atoms with Gasteiger partial charge in [0.05, 0.1) is 0 Å². The molecule has 4 aromatic rings. The van der Waals surface area contributed by atoms with E-state index < -0.39 is 5.25 Å². The van der Waals surface area contributed by atoms with Gasteiger partial charge in [-0.1, -0.05) is 89.8 Å². The summed E-state index contributed by atoms with van der Waals surface area (Å²) in [5.41, 5.74) is 5.13. The Kier molecular flexibility index (Phi) is 7.19. The van der Waals surface area contributed by atoms with Gasteiger partial charge >= 0.3 is 0 Å². The van der Waals surface area contributed by atoms with Crippen molar-refractivity contribution < 1.29 is 4.79 Å². The lowest BCUT2D eigenvalue weighted by Gasteiger charge is -2.16. The molecule has 0 bridgehead atoms. The molecule has 0 aliphatic rings. The van der Waals surface area contributed by atoms with Crippen LogP contribution < -0.4 is 10.6 Å². The minimum absolute atomic E-state index is 0.0832. The molecule has 1 aromatic heterocycles. The van der Waals surface area contributed by atoms with Crippen molar-refractivity contribution in [2.24, 2.45) is 0 Å². The minimum Gasteiger partial charge on any atom is -0.356 e. The number of thioether (sulfide) groups is 1. The third kappa shape index (κ3) is 5.96. The number of hydrogen-bond acceptors (Lipinski definition) is 6. The van der Waals surface area contributed by atoms with E-state index in [1.807, 2.05) is 74.5 Å². The summed E-state index contributed by atoms with van der Waals surface area (Å²) in [7, 11) is 0. The number of benzene rings is 3. The maximum atomic E-state index is 13.3. The fourth-order valence-electron chi connectivity index (χ4n) is 3.36. The van der Waals surface area contributed by atoms with Crippen LogP contribution >= 0.6 is 23.1 Å². The Bertz CT molecular complexity index is 1160. The van der Waals surface area contributed by atoms with Crippen molar-refractivity contribution in [2.45, 2.75) is 30.0 Å². The van der Waals surface area contributed by atoms with Gasteiger partial charge < -0.3 is 10.6 Å². The van der Waals surface area contributed by atoms with Crippen LogP contribution in [0.4, 0.5) is 10.8 Å². The Labute approximate surface area is 196 Å². The predicted octanol–water partition coefficient (Wildman–Crippen LogP) is 6.24. The lowest BCUT2D eigenvalue weighted by atomic mass is 10.1. The summed E-state index contributed by atoms with van der Waals surface area (Å²) in [6.07, 6.45) is 0. The summed E-state index contributed by atoms with van der Waals surface area (Å²) in [5, 5.41) is 15.2. The third-order valence-electron chi connectivity index (χ3n) is 4.74. The van der Waals surface area contributed by atoms with Gasteiger partial charge in [-0.15, -0.1) is 10.2 Å². The quantitative estimate of drug-likeness (QED) is 0.305. The highest BCUT2D eigenvalue weighted by atomic mass is 32.2. The number of nitrogens with zero attached hydrogens (tertiary/aromatic N) is 2. The van der Waals surface area contributed by atoms with Crippen LogP contribution in [0.2, 0.25) is 0 Å². The number of carbonyl (C=O) groups excluding carboxylic acids is 1. The van der Waals surface area contributed by atoms with Crippen LogP contribution in [0.15, 0.2) is 83.2 Å². The average Bonchev–Trinajstić information content (AvgIpc) is 3.24. The molecule has 3 aromatic carbocycles. The Morgan fingerprint density at radius 1 is 0.938 bits per heavy atom. The van der Waals surface area contributed by atoms with Crippen molar-refractivity contribution in [2.75, 3.05) is 10.6 Å². The van der Waals surface area contributed by atoms with Crippen molar-refractivity contribution in [3.8, 4) is 0 Å². The van der Waals surface area contributed by atoms with Crippen LogP contribution in [0, 0.1) is 13.8 Å². The van der Waals surface area contributed by atoms with E-state index in [2.05, 4.69) is 39.0 Å². The fraction of sp³-hybridized carbons (Fsp3) is 0.160. The van der Waals surface area contributed by atoms with E-state index in [1.165, 1.54) is 28.7 Å². The van der Waals surface area contributed by atoms with Gasteiger partial charge in [0.25, 0.3) is 0 Å². The van der Waals surface area contributed by atoms with Crippen LogP contribution in [0.3, 0.4) is 0 Å². The summed E-state index contributed by atoms with van der Waals surface area (Å²) in [6.45, 7) is 4.73. The molecular formula is C25H24N4OS2. The Balaban J connectivity index is 1.49. The lowest BCUT2D eigenvalue weighted by molar-refractivity contribution is -0.115. The van der Waals surface area contributed by atoms with Gasteiger partial charge in [0.1, 0.15) is 5.25 Å². The van der Waals surface area contributed by atoms with Gasteiger partial charge in [0, 0.05) is 12.2 Å². The van der Waals surface area contributed by atoms with Crippen molar-refractivity contribution in [3.05, 3.63) is 101 Å². The SMILES string of the molecule is Cc1cc(C)cc(NC(=O)C(Sc2nnc(NCc3ccccc3)s2)c2ccccc2)c1. The zero-order chi connectivity index (χ0) is 22.3. The number of carbonyl (C=O) groups is 1. The minimum atomic E-state index is -0.438. The van der Waals surface area contributed by atoms with Gasteiger partial charge in [-0.05, 0) is 48.2 Å². The van der Waals surface area contributed by atoms with E-state index in [1.54, 1.807) is 0 Å². The van der Waals surface area contributed by atoms with E-state index in [4.69, 9.17) is 0 Å². The molecule has 2 N–H and O–H groups in total. The molecule has 162 valence electrons. The second-order valence-corrected chi connectivity index (χ2v) is 9.82. The highest BCUT2D eigenvalue weighted by molar-refractivity contribution is 8.02. The number of hydrogen-bond donors (Lipinski definition) is 2. The molecular weight excluding hydrogens is 436 g/mol. The van der Waals surface area contributed by atoms with Gasteiger partial charge in [-0.3, -0.25) is 4.79 Å². The second kappa shape index (κ2) is 10.4. The van der Waals surface area contributed by atoms with Gasteiger partial charge in [0.15, 0.2) is 4.34 Å². The van der Waals surface area contributed by atoms with Gasteiger partial charge in [0.2, 0.25) is 11.0 Å². The van der Waals surface area contributed by atoms with Crippen molar-refractivity contribution >= 4 is 39.8 Å². The molecule has 0 aliphatic heterocycles. The van der Waals surface area contributed by atoms with Crippen LogP contribution in [-0.4, -0.2) is 16.1 Å². The number of aromatic nitrogens is 2. The zero-order valence-electron chi connectivity index (χ0n) is 17.9. The Morgan fingerprint density at radius 2 is 1.59 bits per heavy atom. The first-order chi connectivity index (χ1) is 15.6. The molecule has 7 heteroatoms. The fourth-order valence-corrected chi connectivity index (χ4v) is 5.30. The molecule has 1 amide bonds. The highest BCUT2D eigenvalue weighted by Gasteiger charge is 2.24. The van der Waals surface area contributed by atoms with Crippen molar-refractivity contribution in [1.29, 1.82) is 0 Å². The van der Waals surface area contributed by atoms with Crippen molar-refractivity contribution in [1.82, 2.24) is 10.2 Å². The molecule has 32 heavy (non-hydrogen) atoms. The average molecular weight is 461 g/mol. The molecule has 4 rings (SSSR count). The largest absolute Gasteiger partial charge is 0.356 e. The molecule has 5 nitrogen and oxygen atoms in total. The molecule has 0 spiro atoms. The van der Waals surface area contributed by atoms with E-state index >= 15 is 0 Å². The van der Waals surface area contributed by atoms with Gasteiger partial charge in [-0.25, -0.2) is 0 Å². The van der Waals surface area contributed by atoms with Crippen LogP contribution in [0.25, 0.3) is 0 Å². The molecule has 0 aliphatic carbocycles. The number of aryl methyl sites for hydroxylation is 2. The second-order valence-electron chi connectivity index (χ2n) is 7.49. The number of nitrogens with one attached hydrogen (secondary N) is 2. The number of rotatable bonds is 8. The first-order valence-electron chi connectivity index (χ1n) is 10.3. The Hall–Kier alpha value is -3.16. The normalized spacial score (nSPS) is 11.7. The molecule has 0 saturated heterocycles. The smallest absolute Gasteiger partial charge is 0.242 e. The molecule has 0 radical (unpaired) electrons. The van der Waals surface area contributed by atoms with Gasteiger partial charge in [-0.2, -0.15) is 0 Å². The monoisotopic (exact) mass is 460 g/mol. The number of amides is 1. The topological polar surface area (TPSA) is 66.9 Å². The summed E-state index contributed by atoms with van der Waals surface area (Å²) in [6, 6.07) is 26.0. The third-order valence-corrected chi connectivity index (χ3v) is 6.96. The van der Waals surface area contributed by atoms with Crippen LogP contribution in [-0.2, 0) is 11.3 Å². The summed E-state index contributed by atoms with van der Waals surface area (Å²) in [4.78, 5) is 13.3. The predicted molar refractivity (Wildman–Crippen MR) is 133 cm³/mol. The van der Waals surface area contributed by atoms with E-state index in [0.717, 1.165) is 31.8 Å². The molecule has 1 unspecified atom stereocenters. The summed E-state index contributed by atoms with van der Waals surface area (Å²) >= 11 is 2.87. The van der Waals surface area contributed by atoms with E-state index in [-0.39, 0.29) is 5.91 Å². The maximum absolute atomic E-state index is 13.3. The Morgan fingerprint density at radius 3 is 2.28 bits per heavy atom. The number of anilines is 2. The highest BCUT2D eigenvalue weighted by Crippen LogP contribution is 2.38. The van der Waals surface area contributed by atoms with Crippen molar-refractivity contribution in [3.63, 3.8) is 0 Å². The van der Waals surface area contributed by atoms with Crippen LogP contribution in [0.5, 0.6) is 0 Å². The summed E-state index contributed by atoms with van der Waals surface area (Å²) < 4.78 is 0.741. The molecule has 0 fully saturated rings. The maximum Gasteiger partial charge on any atom is 0.242 e. The van der Waals surface area contributed by atoms with E-state index in [9.17, 15) is 4.79 Å². The molecule has 1 atom stereocenters. The van der Waals surface area contributed by atoms with Crippen LogP contribution in [0.1, 0.15) is 27.5 Å². The first-order valence-corrected chi connectivity index (χ1v) is 12.0. The molecule has 0 saturated carbocycles. The summed E-state index contributed by atoms with van der Waals surface area (Å²) in [5.74, 6) is -0.0832. The first kappa shape index (κ1) is 22.0. The standard InChI is InChI=1S/C25H24N4OS2/c1-17-13-18(2)15-21(14-17)27-23(30)22(20-11-7-4-8-12-20)31-25-29-28-24(32-25)26-16-19-9-5-3-6-10-19/h3-15,22H,16H2,1-2H3,(H,26,28)(H,27,30). The molecule has 1 heterocycles. The zero-order valence-corrected chi connectivity index (χ0v) is 19.5. The van der Waals surface area contributed by atoms with E-state index in [0.29, 0.717) is 6.54 Å².